The summed E-state index contributed by atoms with van der Waals surface area (Å²) in [7, 11) is -3.98. The summed E-state index contributed by atoms with van der Waals surface area (Å²) in [6, 6.07) is 24.9. The zero-order valence-electron chi connectivity index (χ0n) is 18.6. The Morgan fingerprint density at radius 1 is 0.971 bits per heavy atom. The Balaban J connectivity index is 1.49. The Morgan fingerprint density at radius 3 is 2.54 bits per heavy atom. The van der Waals surface area contributed by atoms with E-state index in [1.807, 2.05) is 37.3 Å². The second kappa shape index (κ2) is 9.37. The van der Waals surface area contributed by atoms with Crippen LogP contribution in [0.25, 0.3) is 21.8 Å². The summed E-state index contributed by atoms with van der Waals surface area (Å²) in [5, 5.41) is 5.34. The summed E-state index contributed by atoms with van der Waals surface area (Å²) in [5.74, 6) is -0.315. The lowest BCUT2D eigenvalue weighted by Gasteiger charge is -2.12. The normalized spacial score (nSPS) is 11.7. The molecule has 0 bridgehead atoms. The number of carbonyl (C=O) groups excluding carboxylic acids is 1. The van der Waals surface area contributed by atoms with Crippen LogP contribution in [0.1, 0.15) is 5.56 Å². The highest BCUT2D eigenvalue weighted by molar-refractivity contribution is 8.00. The van der Waals surface area contributed by atoms with Gasteiger partial charge in [0, 0.05) is 10.7 Å². The highest BCUT2D eigenvalue weighted by Crippen LogP contribution is 2.30. The van der Waals surface area contributed by atoms with E-state index in [2.05, 4.69) is 10.3 Å². The molecule has 0 radical (unpaired) electrons. The minimum Gasteiger partial charge on any atom is -0.325 e. The van der Waals surface area contributed by atoms with Crippen molar-refractivity contribution in [2.24, 2.45) is 0 Å². The van der Waals surface area contributed by atoms with Gasteiger partial charge in [-0.25, -0.2) is 17.4 Å². The van der Waals surface area contributed by atoms with Crippen molar-refractivity contribution in [1.82, 2.24) is 8.96 Å². The SMILES string of the molecule is Cc1ccc(Cl)cc1NC(=O)CSc1nc2ccccc2n1S(=O)(=O)c1ccc2ccccc2c1. The summed E-state index contributed by atoms with van der Waals surface area (Å²) < 4.78 is 28.8. The number of para-hydroxylation sites is 2. The first-order valence-corrected chi connectivity index (χ1v) is 13.5. The van der Waals surface area contributed by atoms with Crippen LogP contribution in [0.2, 0.25) is 5.02 Å². The molecule has 35 heavy (non-hydrogen) atoms. The number of nitrogens with zero attached hydrogens (tertiary/aromatic N) is 2. The molecular weight excluding hydrogens is 502 g/mol. The van der Waals surface area contributed by atoms with Crippen LogP contribution in [-0.2, 0) is 14.8 Å². The van der Waals surface area contributed by atoms with Crippen molar-refractivity contribution in [3.8, 4) is 0 Å². The molecular formula is C26H20ClN3O3S2. The molecule has 0 saturated heterocycles. The van der Waals surface area contributed by atoms with Crippen LogP contribution in [0.3, 0.4) is 0 Å². The molecule has 0 fully saturated rings. The van der Waals surface area contributed by atoms with Crippen LogP contribution >= 0.6 is 23.4 Å². The Bertz CT molecular complexity index is 1700. The van der Waals surface area contributed by atoms with Gasteiger partial charge in [-0.15, -0.1) is 0 Å². The average molecular weight is 522 g/mol. The quantitative estimate of drug-likeness (QED) is 0.272. The number of hydrogen-bond acceptors (Lipinski definition) is 5. The lowest BCUT2D eigenvalue weighted by Crippen LogP contribution is -2.17. The van der Waals surface area contributed by atoms with Gasteiger partial charge in [-0.1, -0.05) is 71.9 Å². The van der Waals surface area contributed by atoms with E-state index in [1.165, 1.54) is 3.97 Å². The molecule has 5 rings (SSSR count). The number of aryl methyl sites for hydroxylation is 1. The van der Waals surface area contributed by atoms with E-state index in [0.717, 1.165) is 28.1 Å². The molecule has 0 aliphatic rings. The number of amides is 1. The van der Waals surface area contributed by atoms with E-state index in [0.29, 0.717) is 21.7 Å². The van der Waals surface area contributed by atoms with Gasteiger partial charge >= 0.3 is 0 Å². The van der Waals surface area contributed by atoms with Crippen LogP contribution in [0.5, 0.6) is 0 Å². The maximum absolute atomic E-state index is 13.8. The largest absolute Gasteiger partial charge is 0.325 e. The predicted octanol–water partition coefficient (Wildman–Crippen LogP) is 6.12. The van der Waals surface area contributed by atoms with Gasteiger partial charge in [-0.3, -0.25) is 4.79 Å². The number of rotatable bonds is 6. The van der Waals surface area contributed by atoms with E-state index in [-0.39, 0.29) is 21.7 Å². The summed E-state index contributed by atoms with van der Waals surface area (Å²) in [6.07, 6.45) is 0. The lowest BCUT2D eigenvalue weighted by atomic mass is 10.1. The monoisotopic (exact) mass is 521 g/mol. The minimum absolute atomic E-state index is 0.0253. The van der Waals surface area contributed by atoms with Gasteiger partial charge < -0.3 is 5.32 Å². The fraction of sp³-hybridized carbons (Fsp3) is 0.0769. The second-order valence-corrected chi connectivity index (χ2v) is 11.1. The first-order chi connectivity index (χ1) is 16.8. The average Bonchev–Trinajstić information content (AvgIpc) is 3.24. The van der Waals surface area contributed by atoms with Gasteiger partial charge in [0.2, 0.25) is 5.91 Å². The van der Waals surface area contributed by atoms with Gasteiger partial charge in [0.15, 0.2) is 5.16 Å². The molecule has 0 aliphatic heterocycles. The molecule has 1 amide bonds. The molecule has 9 heteroatoms. The second-order valence-electron chi connectivity index (χ2n) is 7.96. The zero-order chi connectivity index (χ0) is 24.6. The number of fused-ring (bicyclic) bond motifs is 2. The molecule has 0 aliphatic carbocycles. The fourth-order valence-electron chi connectivity index (χ4n) is 3.78. The van der Waals surface area contributed by atoms with Crippen molar-refractivity contribution in [2.45, 2.75) is 17.0 Å². The summed E-state index contributed by atoms with van der Waals surface area (Å²) in [5.41, 5.74) is 2.47. The first-order valence-electron chi connectivity index (χ1n) is 10.7. The van der Waals surface area contributed by atoms with Gasteiger partial charge in [0.05, 0.1) is 21.7 Å². The molecule has 0 atom stereocenters. The predicted molar refractivity (Wildman–Crippen MR) is 142 cm³/mol. The van der Waals surface area contributed by atoms with Gasteiger partial charge in [-0.2, -0.15) is 0 Å². The van der Waals surface area contributed by atoms with Gasteiger partial charge in [0.1, 0.15) is 0 Å². The summed E-state index contributed by atoms with van der Waals surface area (Å²) in [4.78, 5) is 17.4. The summed E-state index contributed by atoms with van der Waals surface area (Å²) >= 11 is 7.11. The zero-order valence-corrected chi connectivity index (χ0v) is 21.0. The number of carbonyl (C=O) groups is 1. The number of aromatic nitrogens is 2. The van der Waals surface area contributed by atoms with Crippen molar-refractivity contribution >= 4 is 66.8 Å². The molecule has 0 spiro atoms. The molecule has 4 aromatic carbocycles. The van der Waals surface area contributed by atoms with E-state index in [4.69, 9.17) is 11.6 Å². The number of nitrogens with one attached hydrogen (secondary N) is 1. The van der Waals surface area contributed by atoms with Gasteiger partial charge in [-0.05, 0) is 59.7 Å². The molecule has 0 unspecified atom stereocenters. The van der Waals surface area contributed by atoms with Crippen LogP contribution in [0.15, 0.2) is 95.0 Å². The van der Waals surface area contributed by atoms with Crippen LogP contribution < -0.4 is 5.32 Å². The molecule has 5 aromatic rings. The number of thioether (sulfide) groups is 1. The van der Waals surface area contributed by atoms with E-state index in [9.17, 15) is 13.2 Å². The van der Waals surface area contributed by atoms with E-state index >= 15 is 0 Å². The standard InChI is InChI=1S/C26H20ClN3O3S2/c1-17-10-12-20(27)15-23(17)28-25(31)16-34-26-29-22-8-4-5-9-24(22)30(26)35(32,33)21-13-11-18-6-2-3-7-19(18)14-21/h2-15H,16H2,1H3,(H,28,31). The number of halogens is 1. The maximum atomic E-state index is 13.8. The molecule has 0 saturated carbocycles. The smallest absolute Gasteiger partial charge is 0.270 e. The Hall–Kier alpha value is -3.33. The molecule has 1 N–H and O–H groups in total. The van der Waals surface area contributed by atoms with Gasteiger partial charge in [0.25, 0.3) is 10.0 Å². The topological polar surface area (TPSA) is 81.1 Å². The molecule has 1 heterocycles. The number of anilines is 1. The third-order valence-corrected chi connectivity index (χ3v) is 8.54. The Morgan fingerprint density at radius 2 is 1.71 bits per heavy atom. The first kappa shape index (κ1) is 23.4. The van der Waals surface area contributed by atoms with Crippen LogP contribution in [-0.4, -0.2) is 29.0 Å². The maximum Gasteiger partial charge on any atom is 0.270 e. The van der Waals surface area contributed by atoms with Crippen molar-refractivity contribution in [3.05, 3.63) is 95.5 Å². The Labute approximate surface area is 212 Å². The molecule has 6 nitrogen and oxygen atoms in total. The summed E-state index contributed by atoms with van der Waals surface area (Å²) in [6.45, 7) is 1.87. The minimum atomic E-state index is -3.98. The Kier molecular flexibility index (Phi) is 6.27. The number of hydrogen-bond donors (Lipinski definition) is 1. The number of imidazole rings is 1. The third-order valence-electron chi connectivity index (χ3n) is 5.56. The van der Waals surface area contributed by atoms with Crippen molar-refractivity contribution in [1.29, 1.82) is 0 Å². The van der Waals surface area contributed by atoms with Crippen LogP contribution in [0, 0.1) is 6.92 Å². The molecule has 1 aromatic heterocycles. The molecule has 176 valence electrons. The van der Waals surface area contributed by atoms with Crippen molar-refractivity contribution in [3.63, 3.8) is 0 Å². The van der Waals surface area contributed by atoms with Crippen molar-refractivity contribution in [2.75, 3.05) is 11.1 Å². The lowest BCUT2D eigenvalue weighted by molar-refractivity contribution is -0.113. The van der Waals surface area contributed by atoms with Crippen molar-refractivity contribution < 1.29 is 13.2 Å². The van der Waals surface area contributed by atoms with E-state index in [1.54, 1.807) is 54.6 Å². The van der Waals surface area contributed by atoms with Crippen LogP contribution in [0.4, 0.5) is 5.69 Å². The highest BCUT2D eigenvalue weighted by Gasteiger charge is 2.25. The fourth-order valence-corrected chi connectivity index (χ4v) is 6.51. The highest BCUT2D eigenvalue weighted by atomic mass is 35.5. The third kappa shape index (κ3) is 4.65. The number of benzene rings is 4. The van der Waals surface area contributed by atoms with E-state index < -0.39 is 10.0 Å².